The molecule has 17 heavy (non-hydrogen) atoms. The molecule has 0 radical (unpaired) electrons. The molecule has 0 aliphatic heterocycles. The maximum atomic E-state index is 10.8. The van der Waals surface area contributed by atoms with Gasteiger partial charge in [-0.25, -0.2) is 13.1 Å². The molecule has 0 aliphatic rings. The van der Waals surface area contributed by atoms with Crippen molar-refractivity contribution in [2.45, 2.75) is 13.3 Å². The van der Waals surface area contributed by atoms with E-state index in [1.165, 1.54) is 0 Å². The highest BCUT2D eigenvalue weighted by Crippen LogP contribution is 1.82. The van der Waals surface area contributed by atoms with Crippen LogP contribution in [0.5, 0.6) is 0 Å². The molecule has 0 heterocycles. The predicted molar refractivity (Wildman–Crippen MR) is 71.6 cm³/mol. The average molecular weight is 262 g/mol. The standard InChI is InChI=1S/C10H22N4O2S/c1-4-7-12-10(11-5-2)13-8-6-9-14-17(3,15)16/h4,14H,1,5-9H2,2-3H3,(H2,11,12,13). The lowest BCUT2D eigenvalue weighted by Crippen LogP contribution is -2.37. The lowest BCUT2D eigenvalue weighted by molar-refractivity contribution is 0.585. The fourth-order valence-corrected chi connectivity index (χ4v) is 1.55. The van der Waals surface area contributed by atoms with Gasteiger partial charge in [-0.05, 0) is 13.3 Å². The lowest BCUT2D eigenvalue weighted by atomic mass is 10.4. The fraction of sp³-hybridized carbons (Fsp3) is 0.700. The van der Waals surface area contributed by atoms with Gasteiger partial charge in [-0.2, -0.15) is 0 Å². The van der Waals surface area contributed by atoms with Gasteiger partial charge in [-0.3, -0.25) is 4.99 Å². The van der Waals surface area contributed by atoms with Gasteiger partial charge in [0.15, 0.2) is 5.96 Å². The Kier molecular flexibility index (Phi) is 8.43. The summed E-state index contributed by atoms with van der Waals surface area (Å²) in [6.45, 7) is 7.99. The molecule has 6 nitrogen and oxygen atoms in total. The normalized spacial score (nSPS) is 12.2. The van der Waals surface area contributed by atoms with Gasteiger partial charge < -0.3 is 10.6 Å². The molecule has 0 atom stereocenters. The molecule has 0 saturated heterocycles. The van der Waals surface area contributed by atoms with Gasteiger partial charge in [0.05, 0.1) is 6.26 Å². The molecule has 0 aliphatic carbocycles. The van der Waals surface area contributed by atoms with Crippen LogP contribution in [-0.2, 0) is 10.0 Å². The highest BCUT2D eigenvalue weighted by molar-refractivity contribution is 7.88. The molecular weight excluding hydrogens is 240 g/mol. The van der Waals surface area contributed by atoms with Crippen molar-refractivity contribution in [2.75, 3.05) is 32.4 Å². The maximum Gasteiger partial charge on any atom is 0.208 e. The second kappa shape index (κ2) is 9.00. The molecule has 0 bridgehead atoms. The van der Waals surface area contributed by atoms with Crippen LogP contribution in [0.4, 0.5) is 0 Å². The third-order valence-corrected chi connectivity index (χ3v) is 2.46. The zero-order valence-electron chi connectivity index (χ0n) is 10.5. The summed E-state index contributed by atoms with van der Waals surface area (Å²) in [6.07, 6.45) is 3.56. The van der Waals surface area contributed by atoms with Crippen LogP contribution in [0, 0.1) is 0 Å². The summed E-state index contributed by atoms with van der Waals surface area (Å²) in [5, 5.41) is 6.14. The van der Waals surface area contributed by atoms with Gasteiger partial charge >= 0.3 is 0 Å². The van der Waals surface area contributed by atoms with Crippen molar-refractivity contribution in [3.8, 4) is 0 Å². The Bertz CT molecular complexity index is 338. The number of guanidine groups is 1. The number of hydrogen-bond donors (Lipinski definition) is 3. The average Bonchev–Trinajstić information content (AvgIpc) is 2.23. The van der Waals surface area contributed by atoms with Gasteiger partial charge in [0, 0.05) is 26.2 Å². The molecule has 0 unspecified atom stereocenters. The third-order valence-electron chi connectivity index (χ3n) is 1.73. The summed E-state index contributed by atoms with van der Waals surface area (Å²) < 4.78 is 24.0. The number of rotatable bonds is 8. The van der Waals surface area contributed by atoms with Crippen molar-refractivity contribution >= 4 is 16.0 Å². The van der Waals surface area contributed by atoms with Crippen LogP contribution in [0.25, 0.3) is 0 Å². The zero-order valence-corrected chi connectivity index (χ0v) is 11.3. The number of nitrogens with one attached hydrogen (secondary N) is 3. The fourth-order valence-electron chi connectivity index (χ4n) is 1.04. The molecule has 100 valence electrons. The first kappa shape index (κ1) is 15.9. The van der Waals surface area contributed by atoms with Gasteiger partial charge in [0.2, 0.25) is 10.0 Å². The number of aliphatic imine (C=N–C) groups is 1. The predicted octanol–water partition coefficient (Wildman–Crippen LogP) is -0.333. The monoisotopic (exact) mass is 262 g/mol. The number of sulfonamides is 1. The minimum Gasteiger partial charge on any atom is -0.357 e. The van der Waals surface area contributed by atoms with E-state index in [1.807, 2.05) is 6.92 Å². The van der Waals surface area contributed by atoms with E-state index in [2.05, 4.69) is 26.9 Å². The van der Waals surface area contributed by atoms with Gasteiger partial charge in [-0.1, -0.05) is 6.08 Å². The molecule has 0 aromatic heterocycles. The largest absolute Gasteiger partial charge is 0.357 e. The first-order valence-electron chi connectivity index (χ1n) is 5.57. The van der Waals surface area contributed by atoms with Crippen molar-refractivity contribution in [3.63, 3.8) is 0 Å². The smallest absolute Gasteiger partial charge is 0.208 e. The van der Waals surface area contributed by atoms with E-state index in [-0.39, 0.29) is 0 Å². The molecule has 0 amide bonds. The third kappa shape index (κ3) is 11.2. The van der Waals surface area contributed by atoms with Crippen molar-refractivity contribution < 1.29 is 8.42 Å². The molecule has 0 aromatic rings. The molecule has 0 rings (SSSR count). The van der Waals surface area contributed by atoms with Crippen LogP contribution in [0.2, 0.25) is 0 Å². The van der Waals surface area contributed by atoms with Crippen LogP contribution in [0.1, 0.15) is 13.3 Å². The second-order valence-corrected chi connectivity index (χ2v) is 5.28. The van der Waals surface area contributed by atoms with Gasteiger partial charge in [0.1, 0.15) is 0 Å². The number of hydrogen-bond acceptors (Lipinski definition) is 3. The zero-order chi connectivity index (χ0) is 13.1. The maximum absolute atomic E-state index is 10.8. The first-order chi connectivity index (χ1) is 7.99. The van der Waals surface area contributed by atoms with Gasteiger partial charge in [-0.15, -0.1) is 6.58 Å². The van der Waals surface area contributed by atoms with Crippen molar-refractivity contribution in [2.24, 2.45) is 4.99 Å². The van der Waals surface area contributed by atoms with Crippen LogP contribution >= 0.6 is 0 Å². The van der Waals surface area contributed by atoms with Crippen molar-refractivity contribution in [1.29, 1.82) is 0 Å². The molecule has 7 heteroatoms. The van der Waals surface area contributed by atoms with Crippen LogP contribution in [0.15, 0.2) is 17.6 Å². The second-order valence-electron chi connectivity index (χ2n) is 3.45. The Hall–Kier alpha value is -1.08. The Labute approximate surface area is 104 Å². The summed E-state index contributed by atoms with van der Waals surface area (Å²) in [5.41, 5.74) is 0. The summed E-state index contributed by atoms with van der Waals surface area (Å²) in [7, 11) is -3.09. The van der Waals surface area contributed by atoms with Gasteiger partial charge in [0.25, 0.3) is 0 Å². The molecule has 0 fully saturated rings. The van der Waals surface area contributed by atoms with Crippen LogP contribution in [0.3, 0.4) is 0 Å². The van der Waals surface area contributed by atoms with E-state index in [0.717, 1.165) is 12.8 Å². The minimum absolute atomic E-state index is 0.406. The summed E-state index contributed by atoms with van der Waals surface area (Å²) >= 11 is 0. The highest BCUT2D eigenvalue weighted by Gasteiger charge is 1.98. The Morgan fingerprint density at radius 1 is 1.41 bits per heavy atom. The van der Waals surface area contributed by atoms with E-state index in [0.29, 0.717) is 32.0 Å². The van der Waals surface area contributed by atoms with E-state index in [9.17, 15) is 8.42 Å². The molecule has 0 aromatic carbocycles. The topological polar surface area (TPSA) is 82.6 Å². The molecule has 0 spiro atoms. The summed E-state index contributed by atoms with van der Waals surface area (Å²) in [5.74, 6) is 0.715. The van der Waals surface area contributed by atoms with Crippen LogP contribution in [-0.4, -0.2) is 46.8 Å². The van der Waals surface area contributed by atoms with Crippen molar-refractivity contribution in [1.82, 2.24) is 15.4 Å². The molecular formula is C10H22N4O2S. The Morgan fingerprint density at radius 2 is 2.12 bits per heavy atom. The van der Waals surface area contributed by atoms with Crippen LogP contribution < -0.4 is 15.4 Å². The van der Waals surface area contributed by atoms with Crippen molar-refractivity contribution in [3.05, 3.63) is 12.7 Å². The highest BCUT2D eigenvalue weighted by atomic mass is 32.2. The molecule has 0 saturated carbocycles. The summed E-state index contributed by atoms with van der Waals surface area (Å²) in [6, 6.07) is 0. The minimum atomic E-state index is -3.09. The Morgan fingerprint density at radius 3 is 2.65 bits per heavy atom. The first-order valence-corrected chi connectivity index (χ1v) is 7.46. The van der Waals surface area contributed by atoms with E-state index in [1.54, 1.807) is 6.08 Å². The van der Waals surface area contributed by atoms with E-state index in [4.69, 9.17) is 0 Å². The van der Waals surface area contributed by atoms with E-state index < -0.39 is 10.0 Å². The Balaban J connectivity index is 3.87. The number of nitrogens with zero attached hydrogens (tertiary/aromatic N) is 1. The summed E-state index contributed by atoms with van der Waals surface area (Å²) in [4.78, 5) is 4.28. The SMILES string of the molecule is C=CCNC(=NCCCNS(C)(=O)=O)NCC. The molecule has 3 N–H and O–H groups in total. The lowest BCUT2D eigenvalue weighted by Gasteiger charge is -2.09. The van der Waals surface area contributed by atoms with E-state index >= 15 is 0 Å². The quantitative estimate of drug-likeness (QED) is 0.242.